The number of halogens is 2. The summed E-state index contributed by atoms with van der Waals surface area (Å²) in [6.07, 6.45) is 2.46. The van der Waals surface area contributed by atoms with Crippen LogP contribution in [0.5, 0.6) is 0 Å². The highest BCUT2D eigenvalue weighted by atomic mass is 127. The van der Waals surface area contributed by atoms with Crippen LogP contribution in [0.1, 0.15) is 12.8 Å². The molecule has 42 valence electrons. The van der Waals surface area contributed by atoms with Crippen LogP contribution < -0.4 is 0 Å². The molecule has 0 aromatic carbocycles. The second-order valence-electron chi connectivity index (χ2n) is 1.53. The fourth-order valence-corrected chi connectivity index (χ4v) is 2.55. The van der Waals surface area contributed by atoms with Gasteiger partial charge in [-0.25, -0.2) is 0 Å². The first-order valence-electron chi connectivity index (χ1n) is 2.22. The molecule has 0 radical (unpaired) electrons. The summed E-state index contributed by atoms with van der Waals surface area (Å²) in [5.74, 6) is 0. The molecule has 7 heavy (non-hydrogen) atoms. The minimum absolute atomic E-state index is 0.486. The molecule has 2 unspecified atom stereocenters. The van der Waals surface area contributed by atoms with Crippen LogP contribution in [0.15, 0.2) is 0 Å². The average molecular weight is 324 g/mol. The van der Waals surface area contributed by atoms with Crippen LogP contribution in [-0.4, -0.2) is 8.22 Å². The van der Waals surface area contributed by atoms with Crippen LogP contribution in [0.3, 0.4) is 0 Å². The molecule has 1 heterocycles. The Morgan fingerprint density at radius 1 is 1.14 bits per heavy atom. The summed E-state index contributed by atoms with van der Waals surface area (Å²) in [5, 5.41) is 0. The van der Waals surface area contributed by atoms with Crippen molar-refractivity contribution < 1.29 is 4.74 Å². The van der Waals surface area contributed by atoms with Crippen molar-refractivity contribution in [3.8, 4) is 0 Å². The highest BCUT2D eigenvalue weighted by Gasteiger charge is 2.19. The van der Waals surface area contributed by atoms with Gasteiger partial charge < -0.3 is 4.74 Å². The third-order valence-electron chi connectivity index (χ3n) is 0.916. The highest BCUT2D eigenvalue weighted by Crippen LogP contribution is 2.27. The lowest BCUT2D eigenvalue weighted by Crippen LogP contribution is -1.95. The smallest absolute Gasteiger partial charge is 0.110 e. The summed E-state index contributed by atoms with van der Waals surface area (Å²) in [5.41, 5.74) is 0. The molecule has 0 bridgehead atoms. The van der Waals surface area contributed by atoms with Crippen LogP contribution in [-0.2, 0) is 4.74 Å². The molecule has 1 fully saturated rings. The SMILES string of the molecule is IC1CCC(I)O1. The predicted octanol–water partition coefficient (Wildman–Crippen LogP) is 2.32. The predicted molar refractivity (Wildman–Crippen MR) is 45.9 cm³/mol. The van der Waals surface area contributed by atoms with Crippen molar-refractivity contribution >= 4 is 45.2 Å². The van der Waals surface area contributed by atoms with Crippen molar-refractivity contribution in [2.45, 2.75) is 21.1 Å². The fraction of sp³-hybridized carbons (Fsp3) is 1.00. The lowest BCUT2D eigenvalue weighted by molar-refractivity contribution is 0.171. The lowest BCUT2D eigenvalue weighted by Gasteiger charge is -1.98. The lowest BCUT2D eigenvalue weighted by atomic mass is 10.4. The van der Waals surface area contributed by atoms with Crippen molar-refractivity contribution in [3.05, 3.63) is 0 Å². The van der Waals surface area contributed by atoms with Gasteiger partial charge in [0, 0.05) is 0 Å². The molecule has 1 rings (SSSR count). The van der Waals surface area contributed by atoms with Gasteiger partial charge in [0.25, 0.3) is 0 Å². The Hall–Kier alpha value is 1.42. The van der Waals surface area contributed by atoms with E-state index in [9.17, 15) is 0 Å². The van der Waals surface area contributed by atoms with Gasteiger partial charge in [-0.1, -0.05) is 45.2 Å². The molecule has 1 saturated heterocycles. The molecule has 1 aliphatic rings. The molecule has 0 N–H and O–H groups in total. The Labute approximate surface area is 70.5 Å². The quantitative estimate of drug-likeness (QED) is 0.491. The first-order chi connectivity index (χ1) is 3.29. The van der Waals surface area contributed by atoms with E-state index >= 15 is 0 Å². The third-order valence-corrected chi connectivity index (χ3v) is 2.75. The van der Waals surface area contributed by atoms with Crippen LogP contribution in [0, 0.1) is 0 Å². The van der Waals surface area contributed by atoms with E-state index in [1.54, 1.807) is 0 Å². The molecule has 0 amide bonds. The Kier molecular flexibility index (Phi) is 2.63. The van der Waals surface area contributed by atoms with Gasteiger partial charge in [-0.05, 0) is 12.8 Å². The van der Waals surface area contributed by atoms with Crippen molar-refractivity contribution in [1.82, 2.24) is 0 Å². The van der Waals surface area contributed by atoms with E-state index in [4.69, 9.17) is 4.74 Å². The van der Waals surface area contributed by atoms with E-state index in [-0.39, 0.29) is 0 Å². The number of ether oxygens (including phenoxy) is 1. The van der Waals surface area contributed by atoms with Crippen LogP contribution in [0.4, 0.5) is 0 Å². The van der Waals surface area contributed by atoms with E-state index < -0.39 is 0 Å². The Morgan fingerprint density at radius 3 is 1.71 bits per heavy atom. The molecular weight excluding hydrogens is 318 g/mol. The van der Waals surface area contributed by atoms with Gasteiger partial charge in [-0.2, -0.15) is 0 Å². The zero-order valence-corrected chi connectivity index (χ0v) is 8.05. The zero-order valence-electron chi connectivity index (χ0n) is 3.73. The van der Waals surface area contributed by atoms with Crippen LogP contribution in [0.25, 0.3) is 0 Å². The first-order valence-corrected chi connectivity index (χ1v) is 4.72. The van der Waals surface area contributed by atoms with Crippen LogP contribution >= 0.6 is 45.2 Å². The van der Waals surface area contributed by atoms with Gasteiger partial charge in [0.05, 0.1) is 0 Å². The maximum Gasteiger partial charge on any atom is 0.110 e. The molecule has 3 heteroatoms. The topological polar surface area (TPSA) is 9.23 Å². The molecule has 0 aliphatic carbocycles. The molecule has 1 aliphatic heterocycles. The van der Waals surface area contributed by atoms with Crippen molar-refractivity contribution in [2.75, 3.05) is 0 Å². The van der Waals surface area contributed by atoms with Gasteiger partial charge in [-0.3, -0.25) is 0 Å². The minimum atomic E-state index is 0.486. The number of hydrogen-bond acceptors (Lipinski definition) is 1. The van der Waals surface area contributed by atoms with Gasteiger partial charge in [-0.15, -0.1) is 0 Å². The highest BCUT2D eigenvalue weighted by molar-refractivity contribution is 14.1. The standard InChI is InChI=1S/C4H6I2O/c5-3-1-2-4(6)7-3/h3-4H,1-2H2. The Balaban J connectivity index is 2.26. The second kappa shape index (κ2) is 2.82. The summed E-state index contributed by atoms with van der Waals surface area (Å²) < 4.78 is 6.31. The van der Waals surface area contributed by atoms with E-state index in [1.807, 2.05) is 0 Å². The van der Waals surface area contributed by atoms with E-state index in [0.717, 1.165) is 0 Å². The maximum absolute atomic E-state index is 5.33. The van der Waals surface area contributed by atoms with Gasteiger partial charge in [0.1, 0.15) is 8.22 Å². The summed E-state index contributed by atoms with van der Waals surface area (Å²) in [6, 6.07) is 0. The largest absolute Gasteiger partial charge is 0.354 e. The van der Waals surface area contributed by atoms with Crippen LogP contribution in [0.2, 0.25) is 0 Å². The number of rotatable bonds is 0. The van der Waals surface area contributed by atoms with Crippen molar-refractivity contribution in [1.29, 1.82) is 0 Å². The molecule has 0 aromatic rings. The normalized spacial score (nSPS) is 42.0. The zero-order chi connectivity index (χ0) is 5.28. The third kappa shape index (κ3) is 2.01. The number of hydrogen-bond donors (Lipinski definition) is 0. The molecule has 0 aromatic heterocycles. The van der Waals surface area contributed by atoms with Gasteiger partial charge >= 0.3 is 0 Å². The molecular formula is C4H6I2O. The van der Waals surface area contributed by atoms with Crippen molar-refractivity contribution in [3.63, 3.8) is 0 Å². The molecule has 0 saturated carbocycles. The van der Waals surface area contributed by atoms with Crippen molar-refractivity contribution in [2.24, 2.45) is 0 Å². The molecule has 1 nitrogen and oxygen atoms in total. The fourth-order valence-electron chi connectivity index (χ4n) is 0.558. The maximum atomic E-state index is 5.33. The Morgan fingerprint density at radius 2 is 1.57 bits per heavy atom. The molecule has 0 spiro atoms. The first kappa shape index (κ1) is 6.54. The average Bonchev–Trinajstić information content (AvgIpc) is 1.87. The number of alkyl halides is 2. The van der Waals surface area contributed by atoms with E-state index in [0.29, 0.717) is 8.22 Å². The second-order valence-corrected chi connectivity index (χ2v) is 4.31. The molecule has 2 atom stereocenters. The minimum Gasteiger partial charge on any atom is -0.354 e. The van der Waals surface area contributed by atoms with E-state index in [1.165, 1.54) is 12.8 Å². The van der Waals surface area contributed by atoms with Gasteiger partial charge in [0.15, 0.2) is 0 Å². The summed E-state index contributed by atoms with van der Waals surface area (Å²) >= 11 is 4.64. The Bertz CT molecular complexity index is 58.7. The summed E-state index contributed by atoms with van der Waals surface area (Å²) in [4.78, 5) is 0. The van der Waals surface area contributed by atoms with Gasteiger partial charge in [0.2, 0.25) is 0 Å². The summed E-state index contributed by atoms with van der Waals surface area (Å²) in [6.45, 7) is 0. The monoisotopic (exact) mass is 324 g/mol. The van der Waals surface area contributed by atoms with E-state index in [2.05, 4.69) is 45.2 Å². The summed E-state index contributed by atoms with van der Waals surface area (Å²) in [7, 11) is 0.